The van der Waals surface area contributed by atoms with Crippen LogP contribution in [0.15, 0.2) is 12.5 Å². The first-order valence-electron chi connectivity index (χ1n) is 6.56. The molecule has 0 atom stereocenters. The number of hydrogen-bond acceptors (Lipinski definition) is 3. The second kappa shape index (κ2) is 6.28. The lowest BCUT2D eigenvalue weighted by molar-refractivity contribution is 0.233. The molecule has 0 unspecified atom stereocenters. The van der Waals surface area contributed by atoms with Crippen LogP contribution in [0.1, 0.15) is 37.8 Å². The maximum Gasteiger partial charge on any atom is 0.315 e. The summed E-state index contributed by atoms with van der Waals surface area (Å²) in [5, 5.41) is 5.86. The Balaban J connectivity index is 1.62. The molecule has 1 aliphatic rings. The number of nitrogens with zero attached hydrogens (tertiary/aromatic N) is 2. The van der Waals surface area contributed by atoms with E-state index in [0.717, 1.165) is 18.5 Å². The number of nitrogen functional groups attached to an aromatic ring is 1. The monoisotopic (exact) mass is 251 g/mol. The van der Waals surface area contributed by atoms with Crippen molar-refractivity contribution >= 4 is 6.03 Å². The van der Waals surface area contributed by atoms with E-state index in [1.165, 1.54) is 23.9 Å². The van der Waals surface area contributed by atoms with E-state index in [0.29, 0.717) is 19.0 Å². The summed E-state index contributed by atoms with van der Waals surface area (Å²) in [7, 11) is 0. The molecule has 0 aliphatic heterocycles. The maximum absolute atomic E-state index is 11.6. The number of carbonyl (C=O) groups is 1. The lowest BCUT2D eigenvalue weighted by Gasteiger charge is -2.22. The zero-order chi connectivity index (χ0) is 12.8. The number of nitrogens with two attached hydrogens (primary N) is 1. The normalized spacial score (nSPS) is 16.4. The molecule has 1 aromatic heterocycles. The SMILES string of the molecule is Nn1cnc(CCNC(=O)NC2CCCCC2)c1. The van der Waals surface area contributed by atoms with E-state index in [9.17, 15) is 4.79 Å². The van der Waals surface area contributed by atoms with E-state index in [1.54, 1.807) is 12.5 Å². The molecule has 100 valence electrons. The molecule has 2 rings (SSSR count). The van der Waals surface area contributed by atoms with Gasteiger partial charge in [0.15, 0.2) is 0 Å². The number of carbonyl (C=O) groups excluding carboxylic acids is 1. The molecule has 2 amide bonds. The summed E-state index contributed by atoms with van der Waals surface area (Å²) < 4.78 is 1.41. The fourth-order valence-corrected chi connectivity index (χ4v) is 2.30. The minimum absolute atomic E-state index is 0.0749. The zero-order valence-corrected chi connectivity index (χ0v) is 10.6. The molecule has 0 saturated heterocycles. The van der Waals surface area contributed by atoms with Gasteiger partial charge in [-0.05, 0) is 12.8 Å². The molecule has 0 aromatic carbocycles. The summed E-state index contributed by atoms with van der Waals surface area (Å²) >= 11 is 0. The van der Waals surface area contributed by atoms with Crippen molar-refractivity contribution in [2.75, 3.05) is 12.4 Å². The lowest BCUT2D eigenvalue weighted by Crippen LogP contribution is -2.43. The van der Waals surface area contributed by atoms with E-state index >= 15 is 0 Å². The van der Waals surface area contributed by atoms with Crippen LogP contribution in [-0.4, -0.2) is 28.3 Å². The van der Waals surface area contributed by atoms with E-state index in [4.69, 9.17) is 5.84 Å². The van der Waals surface area contributed by atoms with Crippen molar-refractivity contribution in [1.29, 1.82) is 0 Å². The van der Waals surface area contributed by atoms with Crippen molar-refractivity contribution in [3.05, 3.63) is 18.2 Å². The van der Waals surface area contributed by atoms with Crippen molar-refractivity contribution in [2.24, 2.45) is 0 Å². The van der Waals surface area contributed by atoms with Gasteiger partial charge >= 0.3 is 6.03 Å². The third kappa shape index (κ3) is 3.94. The van der Waals surface area contributed by atoms with Gasteiger partial charge in [0.1, 0.15) is 6.33 Å². The second-order valence-corrected chi connectivity index (χ2v) is 4.80. The van der Waals surface area contributed by atoms with Gasteiger partial charge in [-0.3, -0.25) is 4.68 Å². The van der Waals surface area contributed by atoms with Crippen LogP contribution in [0.25, 0.3) is 0 Å². The van der Waals surface area contributed by atoms with E-state index < -0.39 is 0 Å². The molecular formula is C12H21N5O. The first-order valence-corrected chi connectivity index (χ1v) is 6.56. The Kier molecular flexibility index (Phi) is 4.44. The average molecular weight is 251 g/mol. The molecule has 0 bridgehead atoms. The summed E-state index contributed by atoms with van der Waals surface area (Å²) in [6.07, 6.45) is 9.94. The number of nitrogens with one attached hydrogen (secondary N) is 2. The zero-order valence-electron chi connectivity index (χ0n) is 10.6. The number of aromatic nitrogens is 2. The molecule has 6 nitrogen and oxygen atoms in total. The summed E-state index contributed by atoms with van der Waals surface area (Å²) in [4.78, 5) is 15.7. The Bertz CT molecular complexity index is 384. The Morgan fingerprint density at radius 2 is 2.22 bits per heavy atom. The smallest absolute Gasteiger partial charge is 0.315 e. The van der Waals surface area contributed by atoms with E-state index in [2.05, 4.69) is 15.6 Å². The van der Waals surface area contributed by atoms with Crippen LogP contribution < -0.4 is 16.5 Å². The highest BCUT2D eigenvalue weighted by Crippen LogP contribution is 2.16. The second-order valence-electron chi connectivity index (χ2n) is 4.80. The molecular weight excluding hydrogens is 230 g/mol. The van der Waals surface area contributed by atoms with Gasteiger partial charge in [0.25, 0.3) is 0 Å². The van der Waals surface area contributed by atoms with Gasteiger partial charge in [-0.1, -0.05) is 19.3 Å². The van der Waals surface area contributed by atoms with E-state index in [-0.39, 0.29) is 6.03 Å². The molecule has 1 aliphatic carbocycles. The van der Waals surface area contributed by atoms with Crippen molar-refractivity contribution < 1.29 is 4.79 Å². The molecule has 18 heavy (non-hydrogen) atoms. The summed E-state index contributed by atoms with van der Waals surface area (Å²) in [6.45, 7) is 0.579. The van der Waals surface area contributed by atoms with Crippen molar-refractivity contribution in [3.8, 4) is 0 Å². The molecule has 1 aromatic rings. The lowest BCUT2D eigenvalue weighted by atomic mass is 9.96. The first kappa shape index (κ1) is 12.7. The van der Waals surface area contributed by atoms with Crippen LogP contribution >= 0.6 is 0 Å². The van der Waals surface area contributed by atoms with Gasteiger partial charge in [0.2, 0.25) is 0 Å². The van der Waals surface area contributed by atoms with Crippen molar-refractivity contribution in [3.63, 3.8) is 0 Å². The number of rotatable bonds is 4. The van der Waals surface area contributed by atoms with Gasteiger partial charge in [-0.15, -0.1) is 0 Å². The Labute approximate surface area is 107 Å². The topological polar surface area (TPSA) is 85.0 Å². The quantitative estimate of drug-likeness (QED) is 0.691. The predicted octanol–water partition coefficient (Wildman–Crippen LogP) is 0.771. The Hall–Kier alpha value is -1.72. The molecule has 1 saturated carbocycles. The molecule has 6 heteroatoms. The van der Waals surface area contributed by atoms with Crippen LogP contribution in [-0.2, 0) is 6.42 Å². The number of hydrogen-bond donors (Lipinski definition) is 3. The molecule has 0 spiro atoms. The Morgan fingerprint density at radius 3 is 2.89 bits per heavy atom. The number of amides is 2. The van der Waals surface area contributed by atoms with E-state index in [1.807, 2.05) is 0 Å². The minimum atomic E-state index is -0.0749. The van der Waals surface area contributed by atoms with Crippen molar-refractivity contribution in [2.45, 2.75) is 44.6 Å². The third-order valence-corrected chi connectivity index (χ3v) is 3.26. The van der Waals surface area contributed by atoms with Crippen LogP contribution in [0.5, 0.6) is 0 Å². The largest absolute Gasteiger partial charge is 0.338 e. The highest BCUT2D eigenvalue weighted by molar-refractivity contribution is 5.74. The summed E-state index contributed by atoms with van der Waals surface area (Å²) in [5.74, 6) is 5.49. The summed E-state index contributed by atoms with van der Waals surface area (Å²) in [5.41, 5.74) is 0.885. The molecule has 1 heterocycles. The molecule has 4 N–H and O–H groups in total. The van der Waals surface area contributed by atoms with Crippen molar-refractivity contribution in [1.82, 2.24) is 20.3 Å². The third-order valence-electron chi connectivity index (χ3n) is 3.26. The highest BCUT2D eigenvalue weighted by atomic mass is 16.2. The predicted molar refractivity (Wildman–Crippen MR) is 69.5 cm³/mol. The minimum Gasteiger partial charge on any atom is -0.338 e. The fraction of sp³-hybridized carbons (Fsp3) is 0.667. The van der Waals surface area contributed by atoms with Gasteiger partial charge in [0, 0.05) is 25.2 Å². The molecule has 0 radical (unpaired) electrons. The standard InChI is InChI=1S/C12H21N5O/c13-17-8-11(15-9-17)6-7-14-12(18)16-10-4-2-1-3-5-10/h8-10H,1-7,13H2,(H2,14,16,18). The fourth-order valence-electron chi connectivity index (χ4n) is 2.30. The summed E-state index contributed by atoms with van der Waals surface area (Å²) in [6, 6.07) is 0.274. The van der Waals surface area contributed by atoms with Gasteiger partial charge in [0.05, 0.1) is 5.69 Å². The first-order chi connectivity index (χ1) is 8.74. The average Bonchev–Trinajstić information content (AvgIpc) is 2.76. The van der Waals surface area contributed by atoms with Crippen LogP contribution in [0, 0.1) is 0 Å². The maximum atomic E-state index is 11.6. The highest BCUT2D eigenvalue weighted by Gasteiger charge is 2.15. The van der Waals surface area contributed by atoms with Crippen LogP contribution in [0.4, 0.5) is 4.79 Å². The van der Waals surface area contributed by atoms with Gasteiger partial charge in [-0.2, -0.15) is 0 Å². The van der Waals surface area contributed by atoms with Gasteiger partial charge < -0.3 is 16.5 Å². The van der Waals surface area contributed by atoms with Crippen LogP contribution in [0.2, 0.25) is 0 Å². The Morgan fingerprint density at radius 1 is 1.44 bits per heavy atom. The van der Waals surface area contributed by atoms with Crippen LogP contribution in [0.3, 0.4) is 0 Å². The molecule has 1 fully saturated rings. The van der Waals surface area contributed by atoms with Gasteiger partial charge in [-0.25, -0.2) is 9.78 Å². The number of urea groups is 1. The number of imidazole rings is 1.